The number of aliphatic imine (C=N–C) groups is 1. The second-order valence-electron chi connectivity index (χ2n) is 9.37. The molecule has 3 atom stereocenters. The molecule has 1 saturated heterocycles. The normalized spacial score (nSPS) is 23.6. The number of hydrogen-bond donors (Lipinski definition) is 0. The second-order valence-corrected chi connectivity index (χ2v) is 9.37. The second kappa shape index (κ2) is 10.3. The Hall–Kier alpha value is -3.06. The molecule has 5 rings (SSSR count). The Labute approximate surface area is 207 Å². The molecule has 2 aromatic carbocycles. The van der Waals surface area contributed by atoms with Crippen molar-refractivity contribution in [1.82, 2.24) is 0 Å². The van der Waals surface area contributed by atoms with Crippen molar-refractivity contribution in [2.24, 2.45) is 4.99 Å². The Bertz CT molecular complexity index is 1090. The van der Waals surface area contributed by atoms with Crippen LogP contribution in [0.1, 0.15) is 55.7 Å². The Morgan fingerprint density at radius 3 is 2.57 bits per heavy atom. The van der Waals surface area contributed by atoms with E-state index in [0.29, 0.717) is 12.4 Å². The average Bonchev–Trinajstić information content (AvgIpc) is 2.88. The molecule has 2 aliphatic heterocycles. The van der Waals surface area contributed by atoms with Gasteiger partial charge in [0.1, 0.15) is 6.10 Å². The minimum Gasteiger partial charge on any atom is -0.493 e. The van der Waals surface area contributed by atoms with Crippen LogP contribution in [0.3, 0.4) is 0 Å². The number of ether oxygens (including phenoxy) is 4. The number of hydrogen-bond acceptors (Lipinski definition) is 7. The van der Waals surface area contributed by atoms with Gasteiger partial charge in [0.15, 0.2) is 11.5 Å². The fourth-order valence-corrected chi connectivity index (χ4v) is 5.58. The molecular weight excluding hydrogens is 444 g/mol. The van der Waals surface area contributed by atoms with E-state index in [-0.39, 0.29) is 24.0 Å². The summed E-state index contributed by atoms with van der Waals surface area (Å²) in [5.41, 5.74) is 5.54. The number of anilines is 1. The van der Waals surface area contributed by atoms with E-state index < -0.39 is 0 Å². The minimum atomic E-state index is -0.223. The highest BCUT2D eigenvalue weighted by molar-refractivity contribution is 6.15. The van der Waals surface area contributed by atoms with Gasteiger partial charge in [-0.25, -0.2) is 0 Å². The van der Waals surface area contributed by atoms with E-state index in [1.54, 1.807) is 7.11 Å². The molecule has 0 aromatic heterocycles. The predicted molar refractivity (Wildman–Crippen MR) is 135 cm³/mol. The van der Waals surface area contributed by atoms with Gasteiger partial charge in [-0.05, 0) is 56.0 Å². The number of carbonyl (C=O) groups is 1. The third-order valence-electron chi connectivity index (χ3n) is 7.20. The van der Waals surface area contributed by atoms with Crippen molar-refractivity contribution in [3.05, 3.63) is 53.1 Å². The van der Waals surface area contributed by atoms with Gasteiger partial charge >= 0.3 is 5.97 Å². The van der Waals surface area contributed by atoms with Gasteiger partial charge in [0, 0.05) is 42.7 Å². The molecule has 186 valence electrons. The minimum absolute atomic E-state index is 0.0798. The molecule has 2 heterocycles. The van der Waals surface area contributed by atoms with Crippen LogP contribution in [0.4, 0.5) is 5.69 Å². The highest BCUT2D eigenvalue weighted by Gasteiger charge is 2.38. The summed E-state index contributed by atoms with van der Waals surface area (Å²) in [5, 5.41) is 0. The maximum absolute atomic E-state index is 11.6. The maximum Gasteiger partial charge on any atom is 0.302 e. The quantitative estimate of drug-likeness (QED) is 0.575. The molecule has 7 heteroatoms. The van der Waals surface area contributed by atoms with Gasteiger partial charge in [-0.2, -0.15) is 0 Å². The Morgan fingerprint density at radius 2 is 1.89 bits per heavy atom. The summed E-state index contributed by atoms with van der Waals surface area (Å²) in [7, 11) is 1.67. The first kappa shape index (κ1) is 23.7. The summed E-state index contributed by atoms with van der Waals surface area (Å²) in [6.45, 7) is 7.37. The summed E-state index contributed by atoms with van der Waals surface area (Å²) in [5.74, 6) is 1.39. The summed E-state index contributed by atoms with van der Waals surface area (Å²) in [6, 6.07) is 13.0. The average molecular weight is 479 g/mol. The fraction of sp³-hybridized carbons (Fsp3) is 0.500. The number of methoxy groups -OCH3 is 1. The largest absolute Gasteiger partial charge is 0.493 e. The summed E-state index contributed by atoms with van der Waals surface area (Å²) >= 11 is 0. The zero-order valence-corrected chi connectivity index (χ0v) is 20.8. The lowest BCUT2D eigenvalue weighted by atomic mass is 9.74. The van der Waals surface area contributed by atoms with Crippen LogP contribution in [0.15, 0.2) is 41.4 Å². The van der Waals surface area contributed by atoms with Gasteiger partial charge in [-0.15, -0.1) is 0 Å². The van der Waals surface area contributed by atoms with E-state index in [1.807, 2.05) is 6.92 Å². The highest BCUT2D eigenvalue weighted by Crippen LogP contribution is 2.45. The molecular formula is C28H34N2O5. The number of nitrogens with zero attached hydrogens (tertiary/aromatic N) is 2. The maximum atomic E-state index is 11.6. The molecule has 0 radical (unpaired) electrons. The SMILES string of the molecule is CCOc1cc2c(cc1OC)C(c1ccc(N3CCOCC3)cc1)=NC1CCC(OC(C)=O)CC21. The molecule has 7 nitrogen and oxygen atoms in total. The van der Waals surface area contributed by atoms with Crippen LogP contribution >= 0.6 is 0 Å². The molecule has 0 N–H and O–H groups in total. The summed E-state index contributed by atoms with van der Waals surface area (Å²) in [4.78, 5) is 19.2. The first-order chi connectivity index (χ1) is 17.1. The molecule has 35 heavy (non-hydrogen) atoms. The van der Waals surface area contributed by atoms with Crippen molar-refractivity contribution in [1.29, 1.82) is 0 Å². The van der Waals surface area contributed by atoms with Crippen molar-refractivity contribution in [3.63, 3.8) is 0 Å². The van der Waals surface area contributed by atoms with E-state index in [4.69, 9.17) is 23.9 Å². The molecule has 2 fully saturated rings. The third-order valence-corrected chi connectivity index (χ3v) is 7.20. The van der Waals surface area contributed by atoms with Crippen LogP contribution in [-0.2, 0) is 14.3 Å². The molecule has 0 spiro atoms. The van der Waals surface area contributed by atoms with Crippen LogP contribution in [0, 0.1) is 0 Å². The number of carbonyl (C=O) groups excluding carboxylic acids is 1. The zero-order valence-electron chi connectivity index (χ0n) is 20.8. The van der Waals surface area contributed by atoms with Crippen molar-refractivity contribution >= 4 is 17.4 Å². The highest BCUT2D eigenvalue weighted by atomic mass is 16.5. The van der Waals surface area contributed by atoms with Crippen LogP contribution < -0.4 is 14.4 Å². The molecule has 0 bridgehead atoms. The topological polar surface area (TPSA) is 69.6 Å². The van der Waals surface area contributed by atoms with E-state index in [2.05, 4.69) is 41.3 Å². The lowest BCUT2D eigenvalue weighted by molar-refractivity contribution is -0.148. The fourth-order valence-electron chi connectivity index (χ4n) is 5.58. The van der Waals surface area contributed by atoms with Crippen LogP contribution in [0.5, 0.6) is 11.5 Å². The van der Waals surface area contributed by atoms with Crippen LogP contribution in [-0.4, -0.2) is 63.8 Å². The number of morpholine rings is 1. The Balaban J connectivity index is 1.53. The number of benzene rings is 2. The van der Waals surface area contributed by atoms with E-state index in [0.717, 1.165) is 68.2 Å². The van der Waals surface area contributed by atoms with Gasteiger partial charge in [-0.3, -0.25) is 9.79 Å². The molecule has 3 aliphatic rings. The lowest BCUT2D eigenvalue weighted by Gasteiger charge is -2.38. The molecule has 3 unspecified atom stereocenters. The van der Waals surface area contributed by atoms with E-state index in [1.165, 1.54) is 18.2 Å². The van der Waals surface area contributed by atoms with Crippen molar-refractivity contribution in [3.8, 4) is 11.5 Å². The van der Waals surface area contributed by atoms with Crippen LogP contribution in [0.25, 0.3) is 0 Å². The monoisotopic (exact) mass is 478 g/mol. The van der Waals surface area contributed by atoms with E-state index in [9.17, 15) is 4.79 Å². The van der Waals surface area contributed by atoms with Crippen molar-refractivity contribution in [2.75, 3.05) is 44.9 Å². The first-order valence-corrected chi connectivity index (χ1v) is 12.6. The lowest BCUT2D eigenvalue weighted by Crippen LogP contribution is -2.36. The van der Waals surface area contributed by atoms with E-state index >= 15 is 0 Å². The molecule has 0 amide bonds. The predicted octanol–water partition coefficient (Wildman–Crippen LogP) is 4.35. The van der Waals surface area contributed by atoms with Gasteiger partial charge in [-0.1, -0.05) is 12.1 Å². The molecule has 2 aromatic rings. The van der Waals surface area contributed by atoms with Gasteiger partial charge in [0.25, 0.3) is 0 Å². The molecule has 1 aliphatic carbocycles. The van der Waals surface area contributed by atoms with Gasteiger partial charge in [0.2, 0.25) is 0 Å². The van der Waals surface area contributed by atoms with Gasteiger partial charge in [0.05, 0.1) is 38.7 Å². The van der Waals surface area contributed by atoms with Crippen molar-refractivity contribution in [2.45, 2.75) is 51.2 Å². The first-order valence-electron chi connectivity index (χ1n) is 12.6. The standard InChI is InChI=1S/C28H34N2O5/c1-4-34-27-16-22-23-15-21(35-18(2)31)9-10-25(23)29-28(24(22)17-26(27)32-3)19-5-7-20(8-6-19)30-11-13-33-14-12-30/h5-8,16-17,21,23,25H,4,9-15H2,1-3H3. The summed E-state index contributed by atoms with van der Waals surface area (Å²) in [6.07, 6.45) is 2.40. The van der Waals surface area contributed by atoms with Crippen molar-refractivity contribution < 1.29 is 23.7 Å². The van der Waals surface area contributed by atoms with Gasteiger partial charge < -0.3 is 23.8 Å². The zero-order chi connectivity index (χ0) is 24.4. The molecule has 1 saturated carbocycles. The summed E-state index contributed by atoms with van der Waals surface area (Å²) < 4.78 is 22.7. The third kappa shape index (κ3) is 4.87. The smallest absolute Gasteiger partial charge is 0.302 e. The number of esters is 1. The Morgan fingerprint density at radius 1 is 1.11 bits per heavy atom. The van der Waals surface area contributed by atoms with Crippen LogP contribution in [0.2, 0.25) is 0 Å². The Kier molecular flexibility index (Phi) is 6.95. The number of rotatable bonds is 6. The number of fused-ring (bicyclic) bond motifs is 3.